The predicted octanol–water partition coefficient (Wildman–Crippen LogP) is 0.714. The van der Waals surface area contributed by atoms with E-state index in [1.807, 2.05) is 11.4 Å². The third kappa shape index (κ3) is 2.50. The number of hydrogen-bond acceptors (Lipinski definition) is 6. The van der Waals surface area contributed by atoms with Crippen LogP contribution in [0.4, 0.5) is 5.69 Å². The molecule has 0 aliphatic carbocycles. The van der Waals surface area contributed by atoms with Crippen LogP contribution in [0.15, 0.2) is 23.8 Å². The topological polar surface area (TPSA) is 84.1 Å². The van der Waals surface area contributed by atoms with Gasteiger partial charge in [-0.15, -0.1) is 11.3 Å². The number of thiazole rings is 1. The molecule has 3 rings (SSSR count). The van der Waals surface area contributed by atoms with Crippen molar-refractivity contribution in [1.82, 2.24) is 15.3 Å². The van der Waals surface area contributed by atoms with Gasteiger partial charge in [0.15, 0.2) is 0 Å². The summed E-state index contributed by atoms with van der Waals surface area (Å²) >= 11 is 1.47. The molecule has 104 valence electrons. The summed E-state index contributed by atoms with van der Waals surface area (Å²) in [6.07, 6.45) is 3.42. The van der Waals surface area contributed by atoms with Gasteiger partial charge in [0.1, 0.15) is 10.7 Å². The first-order valence-electron chi connectivity index (χ1n) is 6.41. The quantitative estimate of drug-likeness (QED) is 0.869. The molecule has 3 N–H and O–H groups in total. The Balaban J connectivity index is 2.02. The first-order valence-corrected chi connectivity index (χ1v) is 7.29. The molecule has 1 aliphatic heterocycles. The van der Waals surface area contributed by atoms with Crippen LogP contribution in [0, 0.1) is 0 Å². The fourth-order valence-electron chi connectivity index (χ4n) is 2.27. The summed E-state index contributed by atoms with van der Waals surface area (Å²) in [5.74, 6) is -0.526. The molecule has 1 fully saturated rings. The highest BCUT2D eigenvalue weighted by Gasteiger charge is 2.18. The van der Waals surface area contributed by atoms with Gasteiger partial charge >= 0.3 is 0 Å². The van der Waals surface area contributed by atoms with Crippen molar-refractivity contribution in [3.63, 3.8) is 0 Å². The summed E-state index contributed by atoms with van der Waals surface area (Å²) in [6.45, 7) is 3.75. The Labute approximate surface area is 120 Å². The first-order chi connectivity index (χ1) is 9.75. The minimum absolute atomic E-state index is 0.277. The number of primary amides is 1. The summed E-state index contributed by atoms with van der Waals surface area (Å²) in [5, 5.41) is 5.95. The molecule has 1 aliphatic rings. The number of carbonyl (C=O) groups excluding carboxylic acids is 1. The summed E-state index contributed by atoms with van der Waals surface area (Å²) in [7, 11) is 0. The van der Waals surface area contributed by atoms with Crippen LogP contribution in [0.3, 0.4) is 0 Å². The Bertz CT molecular complexity index is 607. The molecule has 0 atom stereocenters. The molecule has 0 unspecified atom stereocenters. The molecule has 20 heavy (non-hydrogen) atoms. The Morgan fingerprint density at radius 3 is 2.80 bits per heavy atom. The normalized spacial score (nSPS) is 15.3. The Kier molecular flexibility index (Phi) is 3.62. The molecule has 0 spiro atoms. The minimum Gasteiger partial charge on any atom is -0.368 e. The molecule has 2 aromatic heterocycles. The molecule has 6 nitrogen and oxygen atoms in total. The van der Waals surface area contributed by atoms with Gasteiger partial charge in [0.05, 0.1) is 11.9 Å². The van der Waals surface area contributed by atoms with Crippen LogP contribution in [0.5, 0.6) is 0 Å². The highest BCUT2D eigenvalue weighted by atomic mass is 32.1. The van der Waals surface area contributed by atoms with Gasteiger partial charge in [-0.1, -0.05) is 0 Å². The first kappa shape index (κ1) is 13.0. The second-order valence-corrected chi connectivity index (χ2v) is 5.42. The van der Waals surface area contributed by atoms with Crippen LogP contribution in [0.25, 0.3) is 10.6 Å². The van der Waals surface area contributed by atoms with Crippen molar-refractivity contribution in [3.8, 4) is 10.6 Å². The van der Waals surface area contributed by atoms with E-state index in [4.69, 9.17) is 5.73 Å². The van der Waals surface area contributed by atoms with Crippen LogP contribution in [-0.2, 0) is 0 Å². The smallest absolute Gasteiger partial charge is 0.268 e. The van der Waals surface area contributed by atoms with E-state index in [1.165, 1.54) is 11.3 Å². The van der Waals surface area contributed by atoms with Crippen LogP contribution >= 0.6 is 11.3 Å². The lowest BCUT2D eigenvalue weighted by Crippen LogP contribution is -2.43. The summed E-state index contributed by atoms with van der Waals surface area (Å²) in [6, 6.07) is 1.96. The molecule has 0 bridgehead atoms. The van der Waals surface area contributed by atoms with Crippen LogP contribution in [0.2, 0.25) is 0 Å². The Morgan fingerprint density at radius 2 is 2.15 bits per heavy atom. The zero-order valence-electron chi connectivity index (χ0n) is 10.9. The van der Waals surface area contributed by atoms with Gasteiger partial charge in [-0.2, -0.15) is 0 Å². The van der Waals surface area contributed by atoms with E-state index in [9.17, 15) is 4.79 Å². The highest BCUT2D eigenvalue weighted by Crippen LogP contribution is 2.28. The van der Waals surface area contributed by atoms with E-state index in [0.29, 0.717) is 5.56 Å². The lowest BCUT2D eigenvalue weighted by atomic mass is 10.1. The van der Waals surface area contributed by atoms with Crippen molar-refractivity contribution >= 4 is 22.9 Å². The fraction of sp³-hybridized carbons (Fsp3) is 0.308. The second kappa shape index (κ2) is 5.56. The highest BCUT2D eigenvalue weighted by molar-refractivity contribution is 7.13. The van der Waals surface area contributed by atoms with Crippen molar-refractivity contribution in [2.24, 2.45) is 5.73 Å². The molecule has 7 heteroatoms. The maximum Gasteiger partial charge on any atom is 0.268 e. The van der Waals surface area contributed by atoms with E-state index in [2.05, 4.69) is 20.2 Å². The van der Waals surface area contributed by atoms with E-state index in [-0.39, 0.29) is 5.69 Å². The van der Waals surface area contributed by atoms with E-state index in [1.54, 1.807) is 12.4 Å². The number of hydrogen-bond donors (Lipinski definition) is 2. The number of carbonyl (C=O) groups is 1. The lowest BCUT2D eigenvalue weighted by molar-refractivity contribution is 0.0996. The largest absolute Gasteiger partial charge is 0.368 e. The number of nitrogens with two attached hydrogens (primary N) is 1. The number of nitrogens with zero attached hydrogens (tertiary/aromatic N) is 3. The zero-order valence-corrected chi connectivity index (χ0v) is 11.7. The number of amides is 1. The van der Waals surface area contributed by atoms with Crippen LogP contribution in [-0.4, -0.2) is 42.1 Å². The van der Waals surface area contributed by atoms with Crippen molar-refractivity contribution in [3.05, 3.63) is 29.5 Å². The maximum absolute atomic E-state index is 11.5. The van der Waals surface area contributed by atoms with E-state index in [0.717, 1.165) is 36.9 Å². The number of piperazine rings is 1. The van der Waals surface area contributed by atoms with Gasteiger partial charge < -0.3 is 16.0 Å². The molecular formula is C13H15N5OS. The van der Waals surface area contributed by atoms with E-state index < -0.39 is 5.91 Å². The molecule has 0 aromatic carbocycles. The maximum atomic E-state index is 11.5. The van der Waals surface area contributed by atoms with Gasteiger partial charge in [0, 0.05) is 43.3 Å². The predicted molar refractivity (Wildman–Crippen MR) is 78.9 cm³/mol. The minimum atomic E-state index is -0.526. The number of nitrogens with one attached hydrogen (secondary N) is 1. The fourth-order valence-corrected chi connectivity index (χ4v) is 2.92. The standard InChI is InChI=1S/C13H15N5OS/c14-12(19)11-10(13-16-3-6-20-13)7-9(8-17-11)18-4-1-15-2-5-18/h3,6-8,15H,1-2,4-5H2,(H2,14,19). The third-order valence-corrected chi connectivity index (χ3v) is 4.06. The van der Waals surface area contributed by atoms with Gasteiger partial charge in [0.25, 0.3) is 5.91 Å². The summed E-state index contributed by atoms with van der Waals surface area (Å²) in [4.78, 5) is 22.3. The zero-order chi connectivity index (χ0) is 13.9. The Hall–Kier alpha value is -1.99. The molecule has 1 amide bonds. The summed E-state index contributed by atoms with van der Waals surface area (Å²) < 4.78 is 0. The number of rotatable bonds is 3. The van der Waals surface area contributed by atoms with Gasteiger partial charge in [0.2, 0.25) is 0 Å². The SMILES string of the molecule is NC(=O)c1ncc(N2CCNCC2)cc1-c1nccs1. The monoisotopic (exact) mass is 289 g/mol. The number of anilines is 1. The van der Waals surface area contributed by atoms with Crippen LogP contribution in [0.1, 0.15) is 10.5 Å². The molecule has 3 heterocycles. The molecule has 2 aromatic rings. The van der Waals surface area contributed by atoms with Crippen molar-refractivity contribution < 1.29 is 4.79 Å². The van der Waals surface area contributed by atoms with Gasteiger partial charge in [-0.25, -0.2) is 9.97 Å². The molecule has 0 radical (unpaired) electrons. The van der Waals surface area contributed by atoms with Crippen molar-refractivity contribution in [2.75, 3.05) is 31.1 Å². The number of aromatic nitrogens is 2. The second-order valence-electron chi connectivity index (χ2n) is 4.53. The van der Waals surface area contributed by atoms with Gasteiger partial charge in [-0.3, -0.25) is 4.79 Å². The van der Waals surface area contributed by atoms with Crippen molar-refractivity contribution in [2.45, 2.75) is 0 Å². The Morgan fingerprint density at radius 1 is 1.35 bits per heavy atom. The third-order valence-electron chi connectivity index (χ3n) is 3.25. The average molecular weight is 289 g/mol. The van der Waals surface area contributed by atoms with Gasteiger partial charge in [-0.05, 0) is 6.07 Å². The molecular weight excluding hydrogens is 274 g/mol. The van der Waals surface area contributed by atoms with Crippen LogP contribution < -0.4 is 16.0 Å². The molecule has 1 saturated heterocycles. The van der Waals surface area contributed by atoms with E-state index >= 15 is 0 Å². The summed E-state index contributed by atoms with van der Waals surface area (Å²) in [5.41, 5.74) is 7.39. The number of pyridine rings is 1. The van der Waals surface area contributed by atoms with Crippen molar-refractivity contribution in [1.29, 1.82) is 0 Å². The lowest BCUT2D eigenvalue weighted by Gasteiger charge is -2.29. The average Bonchev–Trinajstić information content (AvgIpc) is 3.01. The molecule has 0 saturated carbocycles.